The number of ketones is 2. The molecule has 0 unspecified atom stereocenters. The van der Waals surface area contributed by atoms with Crippen LogP contribution in [0.5, 0.6) is 5.75 Å². The molecule has 1 aliphatic rings. The van der Waals surface area contributed by atoms with E-state index in [-0.39, 0.29) is 33.6 Å². The Kier molecular flexibility index (Phi) is 3.33. The van der Waals surface area contributed by atoms with Crippen LogP contribution in [-0.2, 0) is 0 Å². The number of fused-ring (bicyclic) bond motifs is 2. The first-order valence-corrected chi connectivity index (χ1v) is 8.64. The molecule has 4 aromatic rings. The molecule has 134 valence electrons. The number of hydrogen-bond donors (Lipinski definition) is 1. The van der Waals surface area contributed by atoms with E-state index >= 15 is 0 Å². The van der Waals surface area contributed by atoms with Crippen LogP contribution in [0.3, 0.4) is 0 Å². The molecule has 1 aliphatic carbocycles. The van der Waals surface area contributed by atoms with Crippen molar-refractivity contribution in [2.45, 2.75) is 0 Å². The van der Waals surface area contributed by atoms with E-state index in [0.29, 0.717) is 22.3 Å². The predicted molar refractivity (Wildman–Crippen MR) is 103 cm³/mol. The van der Waals surface area contributed by atoms with Gasteiger partial charge in [-0.15, -0.1) is 0 Å². The second-order valence-corrected chi connectivity index (χ2v) is 6.54. The number of rotatable bonds is 2. The maximum absolute atomic E-state index is 13.2. The Bertz CT molecular complexity index is 1360. The van der Waals surface area contributed by atoms with Crippen molar-refractivity contribution in [1.29, 1.82) is 0 Å². The second-order valence-electron chi connectivity index (χ2n) is 6.54. The summed E-state index contributed by atoms with van der Waals surface area (Å²) in [7, 11) is 0. The summed E-state index contributed by atoms with van der Waals surface area (Å²) in [6, 6.07) is 17.9. The maximum atomic E-state index is 13.2. The fourth-order valence-corrected chi connectivity index (χ4v) is 3.76. The first kappa shape index (κ1) is 16.2. The van der Waals surface area contributed by atoms with Gasteiger partial charge < -0.3 is 9.52 Å². The molecule has 0 aliphatic heterocycles. The zero-order valence-electron chi connectivity index (χ0n) is 14.4. The van der Waals surface area contributed by atoms with E-state index in [4.69, 9.17) is 4.42 Å². The summed E-state index contributed by atoms with van der Waals surface area (Å²) in [6.07, 6.45) is 0. The minimum absolute atomic E-state index is 0.0389. The van der Waals surface area contributed by atoms with E-state index in [2.05, 4.69) is 0 Å². The van der Waals surface area contributed by atoms with Crippen molar-refractivity contribution in [2.24, 2.45) is 0 Å². The third-order valence-electron chi connectivity index (χ3n) is 4.98. The Morgan fingerprint density at radius 3 is 2.21 bits per heavy atom. The Labute approximate surface area is 158 Å². The van der Waals surface area contributed by atoms with Crippen LogP contribution >= 0.6 is 0 Å². The molecule has 0 saturated heterocycles. The standard InChI is InChI=1S/C23H12O5/c24-15-10-11-16-19-17(13-8-4-5-9-14(13)22(26)18(15)19)20(23(27)28-16)21(25)12-6-2-1-3-7-12/h1-11,24H. The summed E-state index contributed by atoms with van der Waals surface area (Å²) in [5.41, 5.74) is 0.718. The van der Waals surface area contributed by atoms with Gasteiger partial charge in [-0.25, -0.2) is 4.79 Å². The van der Waals surface area contributed by atoms with E-state index in [0.717, 1.165) is 0 Å². The number of carbonyl (C=O) groups excluding carboxylic acids is 2. The third kappa shape index (κ3) is 2.10. The van der Waals surface area contributed by atoms with Gasteiger partial charge in [0.1, 0.15) is 16.9 Å². The summed E-state index contributed by atoms with van der Waals surface area (Å²) >= 11 is 0. The number of phenols is 1. The molecular weight excluding hydrogens is 356 g/mol. The van der Waals surface area contributed by atoms with Crippen LogP contribution in [0.2, 0.25) is 0 Å². The van der Waals surface area contributed by atoms with E-state index in [1.165, 1.54) is 12.1 Å². The van der Waals surface area contributed by atoms with E-state index in [9.17, 15) is 19.5 Å². The monoisotopic (exact) mass is 368 g/mol. The van der Waals surface area contributed by atoms with Gasteiger partial charge in [0.05, 0.1) is 5.56 Å². The Balaban J connectivity index is 1.99. The molecule has 1 N–H and O–H groups in total. The van der Waals surface area contributed by atoms with Gasteiger partial charge in [-0.1, -0.05) is 54.6 Å². The van der Waals surface area contributed by atoms with Gasteiger partial charge in [-0.05, 0) is 17.7 Å². The van der Waals surface area contributed by atoms with Crippen molar-refractivity contribution in [3.63, 3.8) is 0 Å². The van der Waals surface area contributed by atoms with Crippen molar-refractivity contribution >= 4 is 22.5 Å². The van der Waals surface area contributed by atoms with Crippen molar-refractivity contribution in [2.75, 3.05) is 0 Å². The molecule has 1 aromatic heterocycles. The first-order chi connectivity index (χ1) is 13.6. The highest BCUT2D eigenvalue weighted by molar-refractivity contribution is 6.29. The number of phenolic OH excluding ortho intramolecular Hbond substituents is 1. The molecule has 28 heavy (non-hydrogen) atoms. The minimum atomic E-state index is -0.780. The smallest absolute Gasteiger partial charge is 0.348 e. The number of aromatic hydroxyl groups is 1. The highest BCUT2D eigenvalue weighted by atomic mass is 16.4. The quantitative estimate of drug-likeness (QED) is 0.377. The van der Waals surface area contributed by atoms with Crippen molar-refractivity contribution in [3.8, 4) is 16.9 Å². The van der Waals surface area contributed by atoms with Crippen LogP contribution < -0.4 is 5.63 Å². The highest BCUT2D eigenvalue weighted by Gasteiger charge is 2.33. The van der Waals surface area contributed by atoms with E-state index < -0.39 is 11.4 Å². The van der Waals surface area contributed by atoms with Crippen molar-refractivity contribution < 1.29 is 19.1 Å². The van der Waals surface area contributed by atoms with Crippen molar-refractivity contribution in [3.05, 3.63) is 99.4 Å². The zero-order chi connectivity index (χ0) is 19.4. The van der Waals surface area contributed by atoms with Gasteiger partial charge in [0.15, 0.2) is 5.78 Å². The summed E-state index contributed by atoms with van der Waals surface area (Å²) in [4.78, 5) is 39.0. The molecule has 5 rings (SSSR count). The van der Waals surface area contributed by atoms with Gasteiger partial charge in [-0.3, -0.25) is 9.59 Å². The van der Waals surface area contributed by atoms with Crippen LogP contribution in [0.4, 0.5) is 0 Å². The summed E-state index contributed by atoms with van der Waals surface area (Å²) in [6.45, 7) is 0. The second kappa shape index (κ2) is 5.76. The lowest BCUT2D eigenvalue weighted by atomic mass is 9.81. The van der Waals surface area contributed by atoms with Gasteiger partial charge in [0, 0.05) is 22.1 Å². The molecule has 0 bridgehead atoms. The molecule has 0 atom stereocenters. The number of carbonyl (C=O) groups is 2. The maximum Gasteiger partial charge on any atom is 0.348 e. The van der Waals surface area contributed by atoms with Crippen LogP contribution in [0, 0.1) is 0 Å². The fourth-order valence-electron chi connectivity index (χ4n) is 3.76. The molecule has 0 spiro atoms. The predicted octanol–water partition coefficient (Wildman–Crippen LogP) is 3.94. The molecule has 5 heteroatoms. The van der Waals surface area contributed by atoms with E-state index in [1.807, 2.05) is 0 Å². The molecular formula is C23H12O5. The minimum Gasteiger partial charge on any atom is -0.507 e. The van der Waals surface area contributed by atoms with Gasteiger partial charge >= 0.3 is 5.63 Å². The van der Waals surface area contributed by atoms with Crippen LogP contribution in [0.25, 0.3) is 22.1 Å². The topological polar surface area (TPSA) is 84.6 Å². The van der Waals surface area contributed by atoms with Gasteiger partial charge in [0.2, 0.25) is 5.78 Å². The summed E-state index contributed by atoms with van der Waals surface area (Å²) in [5.74, 6) is -1.09. The fraction of sp³-hybridized carbons (Fsp3) is 0. The molecule has 1 heterocycles. The lowest BCUT2D eigenvalue weighted by Crippen LogP contribution is -2.21. The SMILES string of the molecule is O=C(c1ccccc1)c1c2c3c(c(O)ccc3oc1=O)C(=O)c1ccccc1-2. The van der Waals surface area contributed by atoms with Gasteiger partial charge in [-0.2, -0.15) is 0 Å². The Morgan fingerprint density at radius 2 is 1.46 bits per heavy atom. The lowest BCUT2D eigenvalue weighted by molar-refractivity contribution is 0.102. The average molecular weight is 368 g/mol. The van der Waals surface area contributed by atoms with Crippen LogP contribution in [0.15, 0.2) is 75.9 Å². The average Bonchev–Trinajstić information content (AvgIpc) is 2.72. The number of benzene rings is 3. The molecule has 0 radical (unpaired) electrons. The molecule has 5 nitrogen and oxygen atoms in total. The highest BCUT2D eigenvalue weighted by Crippen LogP contribution is 2.43. The number of hydrogen-bond acceptors (Lipinski definition) is 5. The first-order valence-electron chi connectivity index (χ1n) is 8.64. The van der Waals surface area contributed by atoms with Crippen molar-refractivity contribution in [1.82, 2.24) is 0 Å². The zero-order valence-corrected chi connectivity index (χ0v) is 14.4. The van der Waals surface area contributed by atoms with Crippen LogP contribution in [-0.4, -0.2) is 16.7 Å². The normalized spacial score (nSPS) is 12.1. The molecule has 0 fully saturated rings. The molecule has 3 aromatic carbocycles. The van der Waals surface area contributed by atoms with Crippen LogP contribution in [0.1, 0.15) is 31.8 Å². The third-order valence-corrected chi connectivity index (χ3v) is 4.98. The van der Waals surface area contributed by atoms with E-state index in [1.54, 1.807) is 54.6 Å². The Hall–Kier alpha value is -3.99. The largest absolute Gasteiger partial charge is 0.507 e. The molecule has 0 saturated carbocycles. The summed E-state index contributed by atoms with van der Waals surface area (Å²) < 4.78 is 5.37. The van der Waals surface area contributed by atoms with Gasteiger partial charge in [0.25, 0.3) is 0 Å². The Morgan fingerprint density at radius 1 is 0.786 bits per heavy atom. The molecule has 0 amide bonds. The summed E-state index contributed by atoms with van der Waals surface area (Å²) in [5, 5.41) is 10.6. The lowest BCUT2D eigenvalue weighted by Gasteiger charge is -2.21.